The van der Waals surface area contributed by atoms with Gasteiger partial charge in [0.15, 0.2) is 5.78 Å². The molecule has 0 aliphatic heterocycles. The van der Waals surface area contributed by atoms with Crippen LogP contribution in [0.4, 0.5) is 11.4 Å². The first-order valence-electron chi connectivity index (χ1n) is 6.56. The molecule has 7 heteroatoms. The van der Waals surface area contributed by atoms with E-state index in [4.69, 9.17) is 15.3 Å². The molecule has 0 saturated heterocycles. The van der Waals surface area contributed by atoms with Gasteiger partial charge in [-0.15, -0.1) is 0 Å². The predicted molar refractivity (Wildman–Crippen MR) is 96.8 cm³/mol. The fourth-order valence-electron chi connectivity index (χ4n) is 1.68. The number of carbonyl (C=O) groups excluding carboxylic acids is 4. The molecule has 0 bridgehead atoms. The van der Waals surface area contributed by atoms with Crippen LogP contribution in [-0.2, 0) is 14.4 Å². The summed E-state index contributed by atoms with van der Waals surface area (Å²) in [4.78, 5) is 39.7. The summed E-state index contributed by atoms with van der Waals surface area (Å²) in [5.74, 6) is -0.570. The Labute approximate surface area is 148 Å². The third-order valence-electron chi connectivity index (χ3n) is 2.66. The molecule has 0 atom stereocenters. The number of Topliss-reactive ketones (excluding diaryl/α,β-unsaturated/α-hetero) is 1. The Bertz CT molecular complexity index is 673. The van der Waals surface area contributed by atoms with E-state index in [2.05, 4.69) is 21.2 Å². The number of anilines is 2. The van der Waals surface area contributed by atoms with Crippen molar-refractivity contribution in [2.24, 2.45) is 0 Å². The van der Waals surface area contributed by atoms with Gasteiger partial charge in [-0.05, 0) is 36.4 Å². The van der Waals surface area contributed by atoms with Gasteiger partial charge in [-0.2, -0.15) is 0 Å². The number of nitrogens with one attached hydrogen (secondary N) is 1. The van der Waals surface area contributed by atoms with Crippen LogP contribution in [0.5, 0.6) is 0 Å². The molecule has 3 N–H and O–H groups in total. The Kier molecular flexibility index (Phi) is 10.4. The number of hydrogen-bond donors (Lipinski definition) is 2. The summed E-state index contributed by atoms with van der Waals surface area (Å²) >= 11 is 3.29. The smallest absolute Gasteiger partial charge is 0.232 e. The van der Waals surface area contributed by atoms with Crippen molar-refractivity contribution >= 4 is 52.6 Å². The molecule has 0 aliphatic rings. The largest absolute Gasteiger partial charge is 0.399 e. The number of carbonyl (C=O) groups is 4. The van der Waals surface area contributed by atoms with E-state index in [1.807, 2.05) is 19.6 Å². The Morgan fingerprint density at radius 1 is 1.00 bits per heavy atom. The van der Waals surface area contributed by atoms with Crippen molar-refractivity contribution in [1.29, 1.82) is 0 Å². The van der Waals surface area contributed by atoms with Crippen LogP contribution in [0.1, 0.15) is 16.8 Å². The lowest BCUT2D eigenvalue weighted by Gasteiger charge is -2.05. The highest BCUT2D eigenvalue weighted by atomic mass is 79.9. The van der Waals surface area contributed by atoms with Gasteiger partial charge >= 0.3 is 0 Å². The Morgan fingerprint density at radius 2 is 1.58 bits per heavy atom. The van der Waals surface area contributed by atoms with Gasteiger partial charge < -0.3 is 20.6 Å². The minimum absolute atomic E-state index is 0.194. The summed E-state index contributed by atoms with van der Waals surface area (Å²) in [6, 6.07) is 13.7. The van der Waals surface area contributed by atoms with E-state index >= 15 is 0 Å². The quantitative estimate of drug-likeness (QED) is 0.472. The number of nitrogens with two attached hydrogens (primary N) is 1. The summed E-state index contributed by atoms with van der Waals surface area (Å²) in [6.45, 7) is 4.00. The summed E-state index contributed by atoms with van der Waals surface area (Å²) in [5, 5.41) is 2.66. The lowest BCUT2D eigenvalue weighted by molar-refractivity contribution is -0.115. The molecule has 0 aromatic heterocycles. The molecule has 2 aromatic carbocycles. The molecule has 0 spiro atoms. The molecule has 0 aliphatic carbocycles. The maximum atomic E-state index is 11.9. The lowest BCUT2D eigenvalue weighted by atomic mass is 10.1. The zero-order valence-corrected chi connectivity index (χ0v) is 14.4. The maximum Gasteiger partial charge on any atom is 0.232 e. The Morgan fingerprint density at radius 3 is 2.12 bits per heavy atom. The third-order valence-corrected chi connectivity index (χ3v) is 3.16. The molecule has 2 rings (SSSR count). The average molecular weight is 393 g/mol. The van der Waals surface area contributed by atoms with Crippen LogP contribution < -0.4 is 11.1 Å². The first-order valence-corrected chi connectivity index (χ1v) is 7.36. The van der Waals surface area contributed by atoms with Gasteiger partial charge in [-0.1, -0.05) is 28.1 Å². The molecule has 0 unspecified atom stereocenters. The van der Waals surface area contributed by atoms with Crippen molar-refractivity contribution in [2.75, 3.05) is 11.1 Å². The van der Waals surface area contributed by atoms with Gasteiger partial charge in [-0.3, -0.25) is 9.59 Å². The second-order valence-corrected chi connectivity index (χ2v) is 5.20. The van der Waals surface area contributed by atoms with E-state index in [-0.39, 0.29) is 18.1 Å². The van der Waals surface area contributed by atoms with Crippen LogP contribution in [0, 0.1) is 0 Å². The lowest BCUT2D eigenvalue weighted by Crippen LogP contribution is -2.16. The SMILES string of the molecule is C=O.C=O.Nc1ccc(NC(=O)CC(=O)c2cccc(Br)c2)cc1. The Balaban J connectivity index is 0.00000123. The van der Waals surface area contributed by atoms with Gasteiger partial charge in [0.05, 0.1) is 6.42 Å². The molecular weight excluding hydrogens is 376 g/mol. The number of nitrogen functional groups attached to an aromatic ring is 1. The first kappa shape index (κ1) is 21.2. The molecule has 24 heavy (non-hydrogen) atoms. The minimum Gasteiger partial charge on any atom is -0.399 e. The van der Waals surface area contributed by atoms with E-state index < -0.39 is 0 Å². The van der Waals surface area contributed by atoms with Crippen LogP contribution in [0.15, 0.2) is 53.0 Å². The second kappa shape index (κ2) is 11.7. The average Bonchev–Trinajstić information content (AvgIpc) is 2.60. The summed E-state index contributed by atoms with van der Waals surface area (Å²) in [5.41, 5.74) is 7.30. The fraction of sp³-hybridized carbons (Fsp3) is 0.0588. The normalized spacial score (nSPS) is 8.71. The van der Waals surface area contributed by atoms with Crippen LogP contribution in [-0.4, -0.2) is 25.3 Å². The maximum absolute atomic E-state index is 11.9. The molecule has 0 saturated carbocycles. The van der Waals surface area contributed by atoms with E-state index in [9.17, 15) is 9.59 Å². The molecular formula is C17H17BrN2O4. The van der Waals surface area contributed by atoms with Crippen LogP contribution in [0.25, 0.3) is 0 Å². The topological polar surface area (TPSA) is 106 Å². The van der Waals surface area contributed by atoms with Crippen LogP contribution in [0.3, 0.4) is 0 Å². The van der Waals surface area contributed by atoms with E-state index in [1.165, 1.54) is 0 Å². The van der Waals surface area contributed by atoms with Gasteiger partial charge in [0.1, 0.15) is 13.6 Å². The van der Waals surface area contributed by atoms with Gasteiger partial charge in [0, 0.05) is 21.4 Å². The van der Waals surface area contributed by atoms with Crippen molar-refractivity contribution in [1.82, 2.24) is 0 Å². The highest BCUT2D eigenvalue weighted by Gasteiger charge is 2.12. The molecule has 6 nitrogen and oxygen atoms in total. The van der Waals surface area contributed by atoms with Gasteiger partial charge in [-0.25, -0.2) is 0 Å². The third kappa shape index (κ3) is 7.46. The van der Waals surface area contributed by atoms with Crippen molar-refractivity contribution in [3.63, 3.8) is 0 Å². The minimum atomic E-state index is -0.347. The molecule has 0 fully saturated rings. The van der Waals surface area contributed by atoms with E-state index in [1.54, 1.807) is 42.5 Å². The monoisotopic (exact) mass is 392 g/mol. The molecule has 0 heterocycles. The zero-order chi connectivity index (χ0) is 18.5. The summed E-state index contributed by atoms with van der Waals surface area (Å²) < 4.78 is 0.808. The highest BCUT2D eigenvalue weighted by Crippen LogP contribution is 2.14. The number of halogens is 1. The molecule has 0 radical (unpaired) electrons. The molecule has 2 aromatic rings. The van der Waals surface area contributed by atoms with Crippen molar-refractivity contribution in [3.05, 3.63) is 58.6 Å². The standard InChI is InChI=1S/C15H13BrN2O2.2CH2O/c16-11-3-1-2-10(8-11)14(19)9-15(20)18-13-6-4-12(17)5-7-13;2*1-2/h1-8H,9,17H2,(H,18,20);2*1H2. The second-order valence-electron chi connectivity index (χ2n) is 4.28. The van der Waals surface area contributed by atoms with Crippen LogP contribution >= 0.6 is 15.9 Å². The predicted octanol–water partition coefficient (Wildman–Crippen LogP) is 2.87. The Hall–Kier alpha value is -2.80. The van der Waals surface area contributed by atoms with Gasteiger partial charge in [0.2, 0.25) is 5.91 Å². The van der Waals surface area contributed by atoms with E-state index in [0.29, 0.717) is 16.9 Å². The highest BCUT2D eigenvalue weighted by molar-refractivity contribution is 9.10. The molecule has 126 valence electrons. The zero-order valence-electron chi connectivity index (χ0n) is 12.8. The summed E-state index contributed by atoms with van der Waals surface area (Å²) in [7, 11) is 0. The van der Waals surface area contributed by atoms with E-state index in [0.717, 1.165) is 4.47 Å². The van der Waals surface area contributed by atoms with Crippen molar-refractivity contribution in [2.45, 2.75) is 6.42 Å². The number of ketones is 1. The van der Waals surface area contributed by atoms with Gasteiger partial charge in [0.25, 0.3) is 0 Å². The first-order chi connectivity index (χ1) is 11.5. The number of rotatable bonds is 4. The van der Waals surface area contributed by atoms with Crippen molar-refractivity contribution < 1.29 is 19.2 Å². The fourth-order valence-corrected chi connectivity index (χ4v) is 2.08. The number of benzene rings is 2. The number of hydrogen-bond acceptors (Lipinski definition) is 5. The van der Waals surface area contributed by atoms with Crippen LogP contribution in [0.2, 0.25) is 0 Å². The van der Waals surface area contributed by atoms with Crippen molar-refractivity contribution in [3.8, 4) is 0 Å². The molecule has 1 amide bonds. The number of amides is 1. The summed E-state index contributed by atoms with van der Waals surface area (Å²) in [6.07, 6.45) is -0.194.